The third-order valence-electron chi connectivity index (χ3n) is 4.10. The second-order valence-electron chi connectivity index (χ2n) is 5.84. The first kappa shape index (κ1) is 16.7. The standard InChI is InChI=1S/C21H17N3O3/c1-26-18-11-12-20-19(13-18)22-14-24(20)16-9-7-15(8-10-16)23-21(25)27-17-5-3-2-4-6-17/h2-14H,1H3,(H,23,25). The summed E-state index contributed by atoms with van der Waals surface area (Å²) >= 11 is 0. The lowest BCUT2D eigenvalue weighted by molar-refractivity contribution is 0.215. The fourth-order valence-electron chi connectivity index (χ4n) is 2.77. The molecule has 1 aromatic heterocycles. The van der Waals surface area contributed by atoms with E-state index in [1.807, 2.05) is 65.2 Å². The predicted molar refractivity (Wildman–Crippen MR) is 104 cm³/mol. The maximum Gasteiger partial charge on any atom is 0.417 e. The van der Waals surface area contributed by atoms with Gasteiger partial charge >= 0.3 is 6.09 Å². The lowest BCUT2D eigenvalue weighted by Crippen LogP contribution is -2.16. The maximum absolute atomic E-state index is 12.0. The number of para-hydroxylation sites is 1. The van der Waals surface area contributed by atoms with Crippen molar-refractivity contribution >= 4 is 22.8 Å². The molecule has 0 atom stereocenters. The van der Waals surface area contributed by atoms with Gasteiger partial charge in [-0.2, -0.15) is 0 Å². The van der Waals surface area contributed by atoms with E-state index in [1.54, 1.807) is 25.6 Å². The van der Waals surface area contributed by atoms with Crippen LogP contribution >= 0.6 is 0 Å². The SMILES string of the molecule is COc1ccc2c(c1)ncn2-c1ccc(NC(=O)Oc2ccccc2)cc1. The molecule has 4 aromatic rings. The molecule has 0 saturated carbocycles. The normalized spacial score (nSPS) is 10.6. The van der Waals surface area contributed by atoms with Gasteiger partial charge in [-0.1, -0.05) is 18.2 Å². The van der Waals surface area contributed by atoms with Crippen molar-refractivity contribution in [1.29, 1.82) is 0 Å². The molecular formula is C21H17N3O3. The number of nitrogens with zero attached hydrogens (tertiary/aromatic N) is 2. The molecule has 0 bridgehead atoms. The summed E-state index contributed by atoms with van der Waals surface area (Å²) in [5.74, 6) is 1.26. The Hall–Kier alpha value is -3.80. The van der Waals surface area contributed by atoms with Crippen LogP contribution in [0.5, 0.6) is 11.5 Å². The second kappa shape index (κ2) is 7.21. The van der Waals surface area contributed by atoms with Crippen molar-refractivity contribution in [2.45, 2.75) is 0 Å². The number of aromatic nitrogens is 2. The number of anilines is 1. The van der Waals surface area contributed by atoms with Gasteiger partial charge in [-0.3, -0.25) is 9.88 Å². The lowest BCUT2D eigenvalue weighted by atomic mass is 10.2. The molecule has 0 spiro atoms. The van der Waals surface area contributed by atoms with Gasteiger partial charge in [-0.25, -0.2) is 9.78 Å². The molecule has 0 aliphatic rings. The van der Waals surface area contributed by atoms with Gasteiger partial charge in [0.15, 0.2) is 0 Å². The van der Waals surface area contributed by atoms with E-state index in [-0.39, 0.29) is 0 Å². The third-order valence-corrected chi connectivity index (χ3v) is 4.10. The number of fused-ring (bicyclic) bond motifs is 1. The number of carbonyl (C=O) groups excluding carboxylic acids is 1. The summed E-state index contributed by atoms with van der Waals surface area (Å²) in [7, 11) is 1.63. The summed E-state index contributed by atoms with van der Waals surface area (Å²) < 4.78 is 12.4. The minimum absolute atomic E-state index is 0.493. The van der Waals surface area contributed by atoms with Gasteiger partial charge in [0, 0.05) is 17.4 Å². The zero-order chi connectivity index (χ0) is 18.6. The number of amides is 1. The first-order valence-electron chi connectivity index (χ1n) is 8.38. The Bertz CT molecular complexity index is 1070. The van der Waals surface area contributed by atoms with Crippen molar-refractivity contribution in [3.05, 3.63) is 79.1 Å². The van der Waals surface area contributed by atoms with E-state index in [0.717, 1.165) is 22.5 Å². The van der Waals surface area contributed by atoms with Crippen LogP contribution < -0.4 is 14.8 Å². The molecular weight excluding hydrogens is 342 g/mol. The number of methoxy groups -OCH3 is 1. The van der Waals surface area contributed by atoms with Crippen LogP contribution in [-0.4, -0.2) is 22.8 Å². The summed E-state index contributed by atoms with van der Waals surface area (Å²) in [4.78, 5) is 16.4. The molecule has 0 aliphatic heterocycles. The highest BCUT2D eigenvalue weighted by Crippen LogP contribution is 2.23. The van der Waals surface area contributed by atoms with Gasteiger partial charge in [-0.05, 0) is 48.5 Å². The Balaban J connectivity index is 1.50. The van der Waals surface area contributed by atoms with Crippen molar-refractivity contribution in [3.8, 4) is 17.2 Å². The molecule has 0 aliphatic carbocycles. The zero-order valence-corrected chi connectivity index (χ0v) is 14.6. The fraction of sp³-hybridized carbons (Fsp3) is 0.0476. The maximum atomic E-state index is 12.0. The Morgan fingerprint density at radius 2 is 1.74 bits per heavy atom. The predicted octanol–water partition coefficient (Wildman–Crippen LogP) is 4.65. The first-order chi connectivity index (χ1) is 13.2. The number of imidazole rings is 1. The number of hydrogen-bond acceptors (Lipinski definition) is 4. The molecule has 1 amide bonds. The summed E-state index contributed by atoms with van der Waals surface area (Å²) in [5.41, 5.74) is 3.40. The van der Waals surface area contributed by atoms with Crippen LogP contribution in [0.2, 0.25) is 0 Å². The van der Waals surface area contributed by atoms with Crippen LogP contribution in [0.4, 0.5) is 10.5 Å². The Kier molecular flexibility index (Phi) is 4.45. The Morgan fingerprint density at radius 3 is 2.48 bits per heavy atom. The van der Waals surface area contributed by atoms with Gasteiger partial charge in [-0.15, -0.1) is 0 Å². The number of hydrogen-bond donors (Lipinski definition) is 1. The van der Waals surface area contributed by atoms with Crippen LogP contribution in [-0.2, 0) is 0 Å². The lowest BCUT2D eigenvalue weighted by Gasteiger charge is -2.08. The highest BCUT2D eigenvalue weighted by molar-refractivity contribution is 5.86. The van der Waals surface area contributed by atoms with Crippen molar-refractivity contribution in [2.24, 2.45) is 0 Å². The van der Waals surface area contributed by atoms with Gasteiger partial charge in [0.05, 0.1) is 18.1 Å². The smallest absolute Gasteiger partial charge is 0.417 e. The molecule has 0 fully saturated rings. The van der Waals surface area contributed by atoms with Crippen LogP contribution in [0.15, 0.2) is 79.1 Å². The fourth-order valence-corrected chi connectivity index (χ4v) is 2.77. The zero-order valence-electron chi connectivity index (χ0n) is 14.6. The molecule has 27 heavy (non-hydrogen) atoms. The van der Waals surface area contributed by atoms with Gasteiger partial charge in [0.2, 0.25) is 0 Å². The minimum atomic E-state index is -0.533. The number of carbonyl (C=O) groups is 1. The molecule has 1 heterocycles. The minimum Gasteiger partial charge on any atom is -0.497 e. The van der Waals surface area contributed by atoms with Gasteiger partial charge in [0.1, 0.15) is 17.8 Å². The summed E-state index contributed by atoms with van der Waals surface area (Å²) in [5, 5.41) is 2.71. The molecule has 6 nitrogen and oxygen atoms in total. The number of benzene rings is 3. The van der Waals surface area contributed by atoms with Crippen molar-refractivity contribution in [2.75, 3.05) is 12.4 Å². The topological polar surface area (TPSA) is 65.4 Å². The summed E-state index contributed by atoms with van der Waals surface area (Å²) in [6.45, 7) is 0. The molecule has 4 rings (SSSR count). The summed E-state index contributed by atoms with van der Waals surface area (Å²) in [6.07, 6.45) is 1.23. The van der Waals surface area contributed by atoms with Crippen LogP contribution in [0.25, 0.3) is 16.7 Å². The molecule has 3 aromatic carbocycles. The van der Waals surface area contributed by atoms with Crippen molar-refractivity contribution in [3.63, 3.8) is 0 Å². The van der Waals surface area contributed by atoms with Crippen LogP contribution in [0.1, 0.15) is 0 Å². The van der Waals surface area contributed by atoms with Crippen molar-refractivity contribution in [1.82, 2.24) is 9.55 Å². The van der Waals surface area contributed by atoms with E-state index in [4.69, 9.17) is 9.47 Å². The van der Waals surface area contributed by atoms with Crippen molar-refractivity contribution < 1.29 is 14.3 Å². The van der Waals surface area contributed by atoms with E-state index in [9.17, 15) is 4.79 Å². The van der Waals surface area contributed by atoms with Crippen LogP contribution in [0, 0.1) is 0 Å². The largest absolute Gasteiger partial charge is 0.497 e. The molecule has 134 valence electrons. The third kappa shape index (κ3) is 3.59. The van der Waals surface area contributed by atoms with E-state index >= 15 is 0 Å². The Labute approximate surface area is 156 Å². The number of ether oxygens (including phenoxy) is 2. The first-order valence-corrected chi connectivity index (χ1v) is 8.38. The summed E-state index contributed by atoms with van der Waals surface area (Å²) in [6, 6.07) is 22.1. The van der Waals surface area contributed by atoms with Gasteiger partial charge in [0.25, 0.3) is 0 Å². The monoisotopic (exact) mass is 359 g/mol. The molecule has 0 unspecified atom stereocenters. The van der Waals surface area contributed by atoms with E-state index in [0.29, 0.717) is 11.4 Å². The van der Waals surface area contributed by atoms with Gasteiger partial charge < -0.3 is 9.47 Å². The van der Waals surface area contributed by atoms with E-state index < -0.39 is 6.09 Å². The number of nitrogens with one attached hydrogen (secondary N) is 1. The highest BCUT2D eigenvalue weighted by atomic mass is 16.6. The molecule has 6 heteroatoms. The molecule has 0 radical (unpaired) electrons. The van der Waals surface area contributed by atoms with Crippen LogP contribution in [0.3, 0.4) is 0 Å². The average molecular weight is 359 g/mol. The second-order valence-corrected chi connectivity index (χ2v) is 5.84. The number of rotatable bonds is 4. The average Bonchev–Trinajstić information content (AvgIpc) is 3.12. The molecule has 0 saturated heterocycles. The molecule has 1 N–H and O–H groups in total. The quantitative estimate of drug-likeness (QED) is 0.576. The Morgan fingerprint density at radius 1 is 0.963 bits per heavy atom. The van der Waals surface area contributed by atoms with E-state index in [1.165, 1.54) is 0 Å². The van der Waals surface area contributed by atoms with E-state index in [2.05, 4.69) is 10.3 Å². The highest BCUT2D eigenvalue weighted by Gasteiger charge is 2.08.